The van der Waals surface area contributed by atoms with E-state index in [9.17, 15) is 14.7 Å². The van der Waals surface area contributed by atoms with Crippen LogP contribution in [0, 0.1) is 11.3 Å². The molecule has 4 aliphatic rings. The average Bonchev–Trinajstić information content (AvgIpc) is 3.22. The van der Waals surface area contributed by atoms with Crippen LogP contribution in [0.5, 0.6) is 0 Å². The van der Waals surface area contributed by atoms with Gasteiger partial charge in [0.2, 0.25) is 0 Å². The minimum Gasteiger partial charge on any atom is -0.465 e. The van der Waals surface area contributed by atoms with Crippen molar-refractivity contribution in [1.29, 1.82) is 0 Å². The maximum absolute atomic E-state index is 12.3. The molecule has 4 rings (SSSR count). The fourth-order valence-corrected chi connectivity index (χ4v) is 6.90. The highest BCUT2D eigenvalue weighted by Gasteiger charge is 2.60. The molecular formula is C21H35N3O4. The Kier molecular flexibility index (Phi) is 5.01. The van der Waals surface area contributed by atoms with E-state index in [-0.39, 0.29) is 23.2 Å². The van der Waals surface area contributed by atoms with Crippen LogP contribution < -0.4 is 0 Å². The molecule has 1 N–H and O–H groups in total. The molecule has 4 atom stereocenters. The quantitative estimate of drug-likeness (QED) is 0.794. The summed E-state index contributed by atoms with van der Waals surface area (Å²) in [6.45, 7) is 10.5. The van der Waals surface area contributed by atoms with Gasteiger partial charge in [-0.2, -0.15) is 0 Å². The molecular weight excluding hydrogens is 358 g/mol. The number of piperidine rings is 1. The minimum atomic E-state index is -0.774. The van der Waals surface area contributed by atoms with Crippen molar-refractivity contribution in [2.75, 3.05) is 32.7 Å². The lowest BCUT2D eigenvalue weighted by atomic mass is 9.54. The Morgan fingerprint density at radius 2 is 1.86 bits per heavy atom. The second-order valence-corrected chi connectivity index (χ2v) is 9.28. The Balaban J connectivity index is 1.40. The lowest BCUT2D eigenvalue weighted by molar-refractivity contribution is -0.104. The smallest absolute Gasteiger partial charge is 0.410 e. The monoisotopic (exact) mass is 393 g/mol. The number of carboxylic acid groups (broad SMARTS) is 1. The molecule has 4 unspecified atom stereocenters. The second kappa shape index (κ2) is 7.08. The summed E-state index contributed by atoms with van der Waals surface area (Å²) in [7, 11) is 0. The zero-order valence-electron chi connectivity index (χ0n) is 17.5. The first-order chi connectivity index (χ1) is 13.4. The summed E-state index contributed by atoms with van der Waals surface area (Å²) in [5, 5.41) is 9.34. The summed E-state index contributed by atoms with van der Waals surface area (Å²) in [5.41, 5.74) is -0.118. The first kappa shape index (κ1) is 19.8. The first-order valence-electron chi connectivity index (χ1n) is 11.1. The van der Waals surface area contributed by atoms with Crippen molar-refractivity contribution < 1.29 is 19.4 Å². The molecule has 0 radical (unpaired) electrons. The van der Waals surface area contributed by atoms with Gasteiger partial charge in [-0.1, -0.05) is 20.3 Å². The van der Waals surface area contributed by atoms with Gasteiger partial charge in [0.05, 0.1) is 6.04 Å². The van der Waals surface area contributed by atoms with E-state index in [0.29, 0.717) is 31.6 Å². The van der Waals surface area contributed by atoms with Crippen molar-refractivity contribution in [3.8, 4) is 0 Å². The SMILES string of the molecule is CCC1C(N2CCC3(CC2)OC(=O)N(CC)C3CC)CC12CCN(C(=O)O)C2. The third-order valence-corrected chi connectivity index (χ3v) is 8.31. The third kappa shape index (κ3) is 2.80. The average molecular weight is 394 g/mol. The highest BCUT2D eigenvalue weighted by atomic mass is 16.6. The molecule has 0 bridgehead atoms. The number of amides is 2. The van der Waals surface area contributed by atoms with E-state index in [2.05, 4.69) is 18.7 Å². The number of carbonyl (C=O) groups is 2. The molecule has 2 spiro atoms. The van der Waals surface area contributed by atoms with Gasteiger partial charge < -0.3 is 19.6 Å². The van der Waals surface area contributed by atoms with Crippen molar-refractivity contribution in [1.82, 2.24) is 14.7 Å². The van der Waals surface area contributed by atoms with Crippen molar-refractivity contribution in [3.05, 3.63) is 0 Å². The maximum Gasteiger partial charge on any atom is 0.410 e. The molecule has 7 heteroatoms. The summed E-state index contributed by atoms with van der Waals surface area (Å²) in [4.78, 5) is 29.8. The number of nitrogens with zero attached hydrogens (tertiary/aromatic N) is 3. The summed E-state index contributed by atoms with van der Waals surface area (Å²) < 4.78 is 5.95. The van der Waals surface area contributed by atoms with Crippen LogP contribution in [-0.4, -0.2) is 82.4 Å². The Morgan fingerprint density at radius 1 is 1.14 bits per heavy atom. The molecule has 3 saturated heterocycles. The second-order valence-electron chi connectivity index (χ2n) is 9.28. The number of hydrogen-bond acceptors (Lipinski definition) is 4. The van der Waals surface area contributed by atoms with Gasteiger partial charge >= 0.3 is 12.2 Å². The molecule has 1 aliphatic carbocycles. The number of likely N-dealkylation sites (tertiary alicyclic amines) is 2. The normalized spacial score (nSPS) is 37.5. The lowest BCUT2D eigenvalue weighted by Gasteiger charge is -2.58. The van der Waals surface area contributed by atoms with Crippen molar-refractivity contribution in [2.45, 2.75) is 77.0 Å². The predicted molar refractivity (Wildman–Crippen MR) is 105 cm³/mol. The molecule has 7 nitrogen and oxygen atoms in total. The van der Waals surface area contributed by atoms with Crippen LogP contribution in [0.25, 0.3) is 0 Å². The van der Waals surface area contributed by atoms with E-state index in [0.717, 1.165) is 51.6 Å². The van der Waals surface area contributed by atoms with Crippen LogP contribution in [0.1, 0.15) is 59.3 Å². The largest absolute Gasteiger partial charge is 0.465 e. The van der Waals surface area contributed by atoms with Crippen LogP contribution in [0.3, 0.4) is 0 Å². The minimum absolute atomic E-state index is 0.142. The van der Waals surface area contributed by atoms with Gasteiger partial charge in [-0.3, -0.25) is 4.90 Å². The van der Waals surface area contributed by atoms with E-state index in [1.54, 1.807) is 4.90 Å². The van der Waals surface area contributed by atoms with Crippen LogP contribution >= 0.6 is 0 Å². The van der Waals surface area contributed by atoms with Crippen LogP contribution in [0.4, 0.5) is 9.59 Å². The van der Waals surface area contributed by atoms with Gasteiger partial charge in [-0.05, 0) is 37.5 Å². The van der Waals surface area contributed by atoms with Crippen LogP contribution in [0.2, 0.25) is 0 Å². The molecule has 1 saturated carbocycles. The standard InChI is InChI=1S/C21H35N3O4/c1-4-15-16(13-20(15)7-10-23(14-20)18(25)26)22-11-8-21(9-12-22)17(5-2)24(6-3)19(27)28-21/h15-17H,4-14H2,1-3H3,(H,25,26). The lowest BCUT2D eigenvalue weighted by Crippen LogP contribution is -2.63. The highest BCUT2D eigenvalue weighted by Crippen LogP contribution is 2.57. The van der Waals surface area contributed by atoms with Gasteiger partial charge in [-0.15, -0.1) is 0 Å². The summed E-state index contributed by atoms with van der Waals surface area (Å²) in [6.07, 6.45) is 5.07. The summed E-state index contributed by atoms with van der Waals surface area (Å²) in [6, 6.07) is 0.747. The van der Waals surface area contributed by atoms with E-state index < -0.39 is 6.09 Å². The van der Waals surface area contributed by atoms with E-state index in [1.807, 2.05) is 11.8 Å². The van der Waals surface area contributed by atoms with E-state index >= 15 is 0 Å². The Morgan fingerprint density at radius 3 is 2.39 bits per heavy atom. The summed E-state index contributed by atoms with van der Waals surface area (Å²) in [5.74, 6) is 0.575. The molecule has 3 heterocycles. The Labute approximate surface area is 168 Å². The van der Waals surface area contributed by atoms with Crippen LogP contribution in [-0.2, 0) is 4.74 Å². The number of hydrogen-bond donors (Lipinski definition) is 1. The fourth-order valence-electron chi connectivity index (χ4n) is 6.90. The maximum atomic E-state index is 12.3. The van der Waals surface area contributed by atoms with Gasteiger partial charge in [0.1, 0.15) is 5.60 Å². The molecule has 28 heavy (non-hydrogen) atoms. The van der Waals surface area contributed by atoms with Gasteiger partial charge in [-0.25, -0.2) is 9.59 Å². The van der Waals surface area contributed by atoms with Gasteiger partial charge in [0.15, 0.2) is 0 Å². The topological polar surface area (TPSA) is 73.3 Å². The van der Waals surface area contributed by atoms with Crippen molar-refractivity contribution in [2.24, 2.45) is 11.3 Å². The zero-order chi connectivity index (χ0) is 20.1. The van der Waals surface area contributed by atoms with Crippen molar-refractivity contribution in [3.63, 3.8) is 0 Å². The molecule has 0 aromatic carbocycles. The number of rotatable bonds is 4. The summed E-state index contributed by atoms with van der Waals surface area (Å²) >= 11 is 0. The third-order valence-electron chi connectivity index (χ3n) is 8.31. The molecule has 158 valence electrons. The Hall–Kier alpha value is -1.50. The van der Waals surface area contributed by atoms with Gasteiger partial charge in [0.25, 0.3) is 0 Å². The molecule has 0 aromatic rings. The van der Waals surface area contributed by atoms with E-state index in [4.69, 9.17) is 4.74 Å². The number of likely N-dealkylation sites (N-methyl/N-ethyl adjacent to an activating group) is 1. The predicted octanol–water partition coefficient (Wildman–Crippen LogP) is 3.24. The van der Waals surface area contributed by atoms with Crippen molar-refractivity contribution >= 4 is 12.2 Å². The highest BCUT2D eigenvalue weighted by molar-refractivity contribution is 5.71. The fraction of sp³-hybridized carbons (Fsp3) is 0.905. The number of ether oxygens (including phenoxy) is 1. The zero-order valence-corrected chi connectivity index (χ0v) is 17.5. The van der Waals surface area contributed by atoms with E-state index in [1.165, 1.54) is 0 Å². The van der Waals surface area contributed by atoms with Gasteiger partial charge in [0, 0.05) is 51.6 Å². The Bertz CT molecular complexity index is 633. The number of carbonyl (C=O) groups excluding carboxylic acids is 1. The molecule has 0 aromatic heterocycles. The first-order valence-corrected chi connectivity index (χ1v) is 11.1. The molecule has 3 aliphatic heterocycles. The van der Waals surface area contributed by atoms with Crippen LogP contribution in [0.15, 0.2) is 0 Å². The molecule has 4 fully saturated rings. The molecule has 2 amide bonds.